The molecule has 0 bridgehead atoms. The molecular formula is C26H23FN10. The highest BCUT2D eigenvalue weighted by Crippen LogP contribution is 2.32. The molecule has 0 aliphatic rings. The zero-order valence-electron chi connectivity index (χ0n) is 20.2. The average Bonchev–Trinajstić information content (AvgIpc) is 3.52. The molecule has 0 saturated carbocycles. The van der Waals surface area contributed by atoms with Gasteiger partial charge in [0.1, 0.15) is 17.0 Å². The van der Waals surface area contributed by atoms with E-state index >= 15 is 0 Å². The van der Waals surface area contributed by atoms with Gasteiger partial charge in [-0.2, -0.15) is 5.10 Å². The maximum absolute atomic E-state index is 14.5. The lowest BCUT2D eigenvalue weighted by Crippen LogP contribution is -2.20. The summed E-state index contributed by atoms with van der Waals surface area (Å²) >= 11 is 0. The molecule has 0 aliphatic heterocycles. The zero-order chi connectivity index (χ0) is 25.4. The number of hydrogen-bond donors (Lipinski definition) is 3. The number of likely N-dealkylation sites (N-methyl/N-ethyl adjacent to an activating group) is 1. The molecule has 6 rings (SSSR count). The standard InChI is InChI=1S/C26H23FN10/c1-37(2)8-7-29-18-10-15(9-17(27)12-18)22-24-20(3-4-31-22)33-26(34-24)23-19-11-16(13-32-25(19)36-35-23)21-14-28-5-6-30-21/h3-6,9-14,29H,7-8H2,1-2H3,(H,33,34)(H,32,35,36). The van der Waals surface area contributed by atoms with Crippen molar-refractivity contribution in [3.63, 3.8) is 0 Å². The monoisotopic (exact) mass is 494 g/mol. The van der Waals surface area contributed by atoms with Gasteiger partial charge in [-0.25, -0.2) is 14.4 Å². The van der Waals surface area contributed by atoms with Crippen LogP contribution in [0.2, 0.25) is 0 Å². The molecule has 5 aromatic heterocycles. The maximum atomic E-state index is 14.5. The molecule has 0 spiro atoms. The van der Waals surface area contributed by atoms with Gasteiger partial charge in [0, 0.05) is 54.7 Å². The van der Waals surface area contributed by atoms with Crippen LogP contribution in [0.1, 0.15) is 0 Å². The third kappa shape index (κ3) is 4.47. The van der Waals surface area contributed by atoms with Crippen molar-refractivity contribution in [3.8, 4) is 34.0 Å². The van der Waals surface area contributed by atoms with Gasteiger partial charge in [0.05, 0.1) is 28.5 Å². The Morgan fingerprint density at radius 2 is 1.86 bits per heavy atom. The van der Waals surface area contributed by atoms with E-state index in [0.29, 0.717) is 51.9 Å². The predicted molar refractivity (Wildman–Crippen MR) is 140 cm³/mol. The molecule has 184 valence electrons. The Kier molecular flexibility index (Phi) is 5.73. The Morgan fingerprint density at radius 3 is 2.70 bits per heavy atom. The van der Waals surface area contributed by atoms with E-state index in [0.717, 1.165) is 23.0 Å². The van der Waals surface area contributed by atoms with E-state index in [-0.39, 0.29) is 5.82 Å². The summed E-state index contributed by atoms with van der Waals surface area (Å²) < 4.78 is 14.5. The van der Waals surface area contributed by atoms with Crippen LogP contribution in [-0.4, -0.2) is 72.2 Å². The normalized spacial score (nSPS) is 11.6. The second-order valence-corrected chi connectivity index (χ2v) is 8.88. The molecule has 10 nitrogen and oxygen atoms in total. The van der Waals surface area contributed by atoms with Gasteiger partial charge in [0.15, 0.2) is 11.5 Å². The number of rotatable bonds is 7. The number of aromatic amines is 2. The van der Waals surface area contributed by atoms with Crippen LogP contribution in [0.25, 0.3) is 56.1 Å². The Bertz CT molecular complexity index is 1710. The van der Waals surface area contributed by atoms with Crippen molar-refractivity contribution in [3.05, 3.63) is 67.1 Å². The highest BCUT2D eigenvalue weighted by molar-refractivity contribution is 5.96. The summed E-state index contributed by atoms with van der Waals surface area (Å²) in [5, 5.41) is 11.5. The highest BCUT2D eigenvalue weighted by Gasteiger charge is 2.18. The second kappa shape index (κ2) is 9.36. The number of H-pyrrole nitrogens is 2. The summed E-state index contributed by atoms with van der Waals surface area (Å²) in [6.45, 7) is 1.52. The van der Waals surface area contributed by atoms with Crippen molar-refractivity contribution in [2.75, 3.05) is 32.5 Å². The number of hydrogen-bond acceptors (Lipinski definition) is 8. The van der Waals surface area contributed by atoms with Crippen LogP contribution < -0.4 is 5.32 Å². The van der Waals surface area contributed by atoms with Crippen LogP contribution in [0, 0.1) is 5.82 Å². The molecule has 11 heteroatoms. The molecule has 6 aromatic rings. The van der Waals surface area contributed by atoms with Crippen molar-refractivity contribution in [2.45, 2.75) is 0 Å². The molecule has 5 heterocycles. The number of imidazole rings is 1. The van der Waals surface area contributed by atoms with Gasteiger partial charge in [-0.3, -0.25) is 20.1 Å². The molecule has 0 radical (unpaired) electrons. The molecule has 37 heavy (non-hydrogen) atoms. The average molecular weight is 495 g/mol. The molecule has 0 amide bonds. The number of aromatic nitrogens is 8. The lowest BCUT2D eigenvalue weighted by molar-refractivity contribution is 0.425. The fourth-order valence-corrected chi connectivity index (χ4v) is 4.18. The van der Waals surface area contributed by atoms with Crippen molar-refractivity contribution >= 4 is 27.8 Å². The Balaban J connectivity index is 1.41. The summed E-state index contributed by atoms with van der Waals surface area (Å²) in [5.41, 5.74) is 6.05. The molecule has 0 unspecified atom stereocenters. The van der Waals surface area contributed by atoms with E-state index in [1.807, 2.05) is 32.3 Å². The van der Waals surface area contributed by atoms with Crippen LogP contribution >= 0.6 is 0 Å². The number of nitrogens with zero attached hydrogens (tertiary/aromatic N) is 7. The maximum Gasteiger partial charge on any atom is 0.159 e. The van der Waals surface area contributed by atoms with Crippen LogP contribution in [0.5, 0.6) is 0 Å². The smallest absolute Gasteiger partial charge is 0.159 e. The van der Waals surface area contributed by atoms with E-state index in [9.17, 15) is 4.39 Å². The van der Waals surface area contributed by atoms with E-state index in [4.69, 9.17) is 4.98 Å². The van der Waals surface area contributed by atoms with Gasteiger partial charge < -0.3 is 15.2 Å². The van der Waals surface area contributed by atoms with E-state index < -0.39 is 0 Å². The number of halogens is 1. The van der Waals surface area contributed by atoms with Gasteiger partial charge in [0.25, 0.3) is 0 Å². The molecule has 3 N–H and O–H groups in total. The van der Waals surface area contributed by atoms with Crippen LogP contribution in [0.4, 0.5) is 10.1 Å². The number of pyridine rings is 2. The number of fused-ring (bicyclic) bond motifs is 2. The van der Waals surface area contributed by atoms with Gasteiger partial charge in [-0.1, -0.05) is 0 Å². The second-order valence-electron chi connectivity index (χ2n) is 8.88. The SMILES string of the molecule is CN(C)CCNc1cc(F)cc(-c2nccc3[nH]c(-c4n[nH]c5ncc(-c6cnccn6)cc45)nc23)c1. The minimum Gasteiger partial charge on any atom is -0.384 e. The highest BCUT2D eigenvalue weighted by atomic mass is 19.1. The first kappa shape index (κ1) is 22.7. The molecule has 0 saturated heterocycles. The summed E-state index contributed by atoms with van der Waals surface area (Å²) in [4.78, 5) is 27.7. The first-order chi connectivity index (χ1) is 18.0. The van der Waals surface area contributed by atoms with Crippen LogP contribution in [0.3, 0.4) is 0 Å². The van der Waals surface area contributed by atoms with Crippen molar-refractivity contribution in [1.29, 1.82) is 0 Å². The third-order valence-electron chi connectivity index (χ3n) is 5.96. The van der Waals surface area contributed by atoms with E-state index in [1.165, 1.54) is 12.1 Å². The minimum atomic E-state index is -0.347. The summed E-state index contributed by atoms with van der Waals surface area (Å²) in [6, 6.07) is 8.62. The first-order valence-electron chi connectivity index (χ1n) is 11.7. The molecule has 1 aromatic carbocycles. The lowest BCUT2D eigenvalue weighted by atomic mass is 10.1. The minimum absolute atomic E-state index is 0.347. The van der Waals surface area contributed by atoms with Gasteiger partial charge in [0.2, 0.25) is 0 Å². The number of nitrogens with one attached hydrogen (secondary N) is 3. The molecule has 0 fully saturated rings. The fourth-order valence-electron chi connectivity index (χ4n) is 4.18. The van der Waals surface area contributed by atoms with E-state index in [1.54, 1.807) is 31.0 Å². The van der Waals surface area contributed by atoms with Gasteiger partial charge in [-0.05, 0) is 44.4 Å². The zero-order valence-corrected chi connectivity index (χ0v) is 20.2. The number of benzene rings is 1. The Morgan fingerprint density at radius 1 is 0.946 bits per heavy atom. The van der Waals surface area contributed by atoms with Gasteiger partial charge in [-0.15, -0.1) is 0 Å². The van der Waals surface area contributed by atoms with Crippen molar-refractivity contribution in [1.82, 2.24) is 45.0 Å². The Hall–Kier alpha value is -4.77. The van der Waals surface area contributed by atoms with E-state index in [2.05, 4.69) is 45.3 Å². The van der Waals surface area contributed by atoms with Crippen LogP contribution in [-0.2, 0) is 0 Å². The van der Waals surface area contributed by atoms with Crippen molar-refractivity contribution < 1.29 is 4.39 Å². The lowest BCUT2D eigenvalue weighted by Gasteiger charge is -2.12. The molecule has 0 atom stereocenters. The summed E-state index contributed by atoms with van der Waals surface area (Å²) in [6.07, 6.45) is 8.35. The van der Waals surface area contributed by atoms with Gasteiger partial charge >= 0.3 is 0 Å². The first-order valence-corrected chi connectivity index (χ1v) is 11.7. The Labute approximate surface area is 211 Å². The summed E-state index contributed by atoms with van der Waals surface area (Å²) in [7, 11) is 3.99. The predicted octanol–water partition coefficient (Wildman–Crippen LogP) is 4.13. The van der Waals surface area contributed by atoms with Crippen molar-refractivity contribution in [2.24, 2.45) is 0 Å². The fraction of sp³-hybridized carbons (Fsp3) is 0.154. The quantitative estimate of drug-likeness (QED) is 0.303. The molecular weight excluding hydrogens is 471 g/mol. The summed E-state index contributed by atoms with van der Waals surface area (Å²) in [5.74, 6) is 0.203. The largest absolute Gasteiger partial charge is 0.384 e. The third-order valence-corrected chi connectivity index (χ3v) is 5.96. The number of anilines is 1. The molecule has 0 aliphatic carbocycles. The van der Waals surface area contributed by atoms with Crippen LogP contribution in [0.15, 0.2) is 61.3 Å². The topological polar surface area (TPSA) is 124 Å².